The molecule has 0 spiro atoms. The topological polar surface area (TPSA) is 73.9 Å². The zero-order valence-corrected chi connectivity index (χ0v) is 16.2. The lowest BCUT2D eigenvalue weighted by atomic mass is 10.2. The van der Waals surface area contributed by atoms with Gasteiger partial charge in [-0.1, -0.05) is 17.7 Å². The van der Waals surface area contributed by atoms with Crippen LogP contribution >= 0.6 is 11.6 Å². The summed E-state index contributed by atoms with van der Waals surface area (Å²) in [5.41, 5.74) is 0.795. The molecule has 0 radical (unpaired) electrons. The number of carbonyl (C=O) groups excluding carboxylic acids is 2. The number of ether oxygens (including phenoxy) is 3. The zero-order chi connectivity index (χ0) is 20.7. The van der Waals surface area contributed by atoms with Gasteiger partial charge in [0.25, 0.3) is 5.91 Å². The van der Waals surface area contributed by atoms with Crippen LogP contribution in [-0.2, 0) is 14.3 Å². The van der Waals surface area contributed by atoms with Gasteiger partial charge in [0.05, 0.1) is 19.9 Å². The third-order valence-corrected chi connectivity index (χ3v) is 3.90. The maximum atomic E-state index is 13.6. The van der Waals surface area contributed by atoms with Crippen LogP contribution in [0, 0.1) is 5.82 Å². The molecule has 0 aromatic heterocycles. The molecule has 1 atom stereocenters. The smallest absolute Gasteiger partial charge is 0.331 e. The summed E-state index contributed by atoms with van der Waals surface area (Å²) in [5.74, 6) is -1.35. The average Bonchev–Trinajstić information content (AvgIpc) is 2.66. The van der Waals surface area contributed by atoms with Crippen LogP contribution in [0.25, 0.3) is 6.08 Å². The second-order valence-corrected chi connectivity index (χ2v) is 6.08. The molecule has 1 N–H and O–H groups in total. The van der Waals surface area contributed by atoms with Crippen LogP contribution in [0.1, 0.15) is 12.5 Å². The first-order chi connectivity index (χ1) is 13.3. The summed E-state index contributed by atoms with van der Waals surface area (Å²) in [6.45, 7) is 1.42. The monoisotopic (exact) mass is 407 g/mol. The van der Waals surface area contributed by atoms with Gasteiger partial charge in [0, 0.05) is 11.1 Å². The predicted octanol–water partition coefficient (Wildman–Crippen LogP) is 4.08. The molecule has 1 amide bonds. The molecule has 0 saturated heterocycles. The quantitative estimate of drug-likeness (QED) is 0.553. The Balaban J connectivity index is 1.97. The van der Waals surface area contributed by atoms with E-state index < -0.39 is 23.8 Å². The number of anilines is 1. The number of carbonyl (C=O) groups is 2. The van der Waals surface area contributed by atoms with Crippen molar-refractivity contribution in [3.8, 4) is 11.5 Å². The van der Waals surface area contributed by atoms with Crippen molar-refractivity contribution in [2.45, 2.75) is 13.0 Å². The first-order valence-electron chi connectivity index (χ1n) is 8.20. The number of hydrogen-bond acceptors (Lipinski definition) is 5. The third-order valence-electron chi connectivity index (χ3n) is 3.67. The van der Waals surface area contributed by atoms with E-state index in [9.17, 15) is 14.0 Å². The number of nitrogens with one attached hydrogen (secondary N) is 1. The second-order valence-electron chi connectivity index (χ2n) is 5.64. The van der Waals surface area contributed by atoms with Gasteiger partial charge in [-0.15, -0.1) is 0 Å². The van der Waals surface area contributed by atoms with Crippen molar-refractivity contribution < 1.29 is 28.2 Å². The van der Waals surface area contributed by atoms with Gasteiger partial charge in [0.2, 0.25) is 0 Å². The minimum atomic E-state index is -1.08. The number of esters is 1. The first kappa shape index (κ1) is 21.2. The molecule has 28 heavy (non-hydrogen) atoms. The number of rotatable bonds is 7. The summed E-state index contributed by atoms with van der Waals surface area (Å²) < 4.78 is 28.7. The Morgan fingerprint density at radius 3 is 2.43 bits per heavy atom. The molecule has 0 aliphatic heterocycles. The Labute approximate surface area is 166 Å². The molecule has 0 aliphatic rings. The summed E-state index contributed by atoms with van der Waals surface area (Å²) in [5, 5.41) is 3.00. The van der Waals surface area contributed by atoms with E-state index in [1.54, 1.807) is 18.2 Å². The lowest BCUT2D eigenvalue weighted by Crippen LogP contribution is -2.29. The van der Waals surface area contributed by atoms with Crippen molar-refractivity contribution in [2.24, 2.45) is 0 Å². The normalized spacial score (nSPS) is 11.8. The lowest BCUT2D eigenvalue weighted by molar-refractivity contribution is -0.148. The minimum Gasteiger partial charge on any atom is -0.495 e. The molecule has 0 unspecified atom stereocenters. The number of methoxy groups -OCH3 is 2. The van der Waals surface area contributed by atoms with Crippen molar-refractivity contribution in [3.63, 3.8) is 0 Å². The van der Waals surface area contributed by atoms with E-state index in [0.717, 1.165) is 6.08 Å². The Kier molecular flexibility index (Phi) is 7.40. The third kappa shape index (κ3) is 5.72. The summed E-state index contributed by atoms with van der Waals surface area (Å²) in [7, 11) is 2.81. The van der Waals surface area contributed by atoms with Crippen molar-refractivity contribution in [1.82, 2.24) is 0 Å². The van der Waals surface area contributed by atoms with E-state index in [1.807, 2.05) is 0 Å². The highest BCUT2D eigenvalue weighted by molar-refractivity contribution is 6.31. The molecule has 0 bridgehead atoms. The fourth-order valence-corrected chi connectivity index (χ4v) is 2.40. The van der Waals surface area contributed by atoms with Crippen LogP contribution in [0.5, 0.6) is 11.5 Å². The van der Waals surface area contributed by atoms with E-state index in [1.165, 1.54) is 45.4 Å². The maximum Gasteiger partial charge on any atom is 0.331 e. The Morgan fingerprint density at radius 2 is 1.79 bits per heavy atom. The van der Waals surface area contributed by atoms with Crippen LogP contribution < -0.4 is 14.8 Å². The molecule has 0 aliphatic carbocycles. The van der Waals surface area contributed by atoms with Crippen molar-refractivity contribution in [1.29, 1.82) is 0 Å². The van der Waals surface area contributed by atoms with E-state index >= 15 is 0 Å². The summed E-state index contributed by atoms with van der Waals surface area (Å²) >= 11 is 5.91. The van der Waals surface area contributed by atoms with Crippen LogP contribution in [0.15, 0.2) is 42.5 Å². The average molecular weight is 408 g/mol. The molecule has 6 nitrogen and oxygen atoms in total. The van der Waals surface area contributed by atoms with Crippen LogP contribution in [0.2, 0.25) is 5.02 Å². The highest BCUT2D eigenvalue weighted by Crippen LogP contribution is 2.27. The van der Waals surface area contributed by atoms with Crippen LogP contribution in [0.3, 0.4) is 0 Å². The van der Waals surface area contributed by atoms with Gasteiger partial charge in [-0.2, -0.15) is 0 Å². The molecule has 148 valence electrons. The summed E-state index contributed by atoms with van der Waals surface area (Å²) in [4.78, 5) is 24.2. The molecule has 0 fully saturated rings. The van der Waals surface area contributed by atoms with Crippen LogP contribution in [0.4, 0.5) is 10.1 Å². The Bertz CT molecular complexity index is 900. The predicted molar refractivity (Wildman–Crippen MR) is 104 cm³/mol. The Hall–Kier alpha value is -3.06. The number of halogens is 2. The SMILES string of the molecule is COc1ccc(/C=C/C(=O)O[C@H](C)C(=O)Nc2cc(Cl)ccc2OC)cc1F. The maximum absolute atomic E-state index is 13.6. The summed E-state index contributed by atoms with van der Waals surface area (Å²) in [6.07, 6.45) is 1.40. The first-order valence-corrected chi connectivity index (χ1v) is 8.58. The van der Waals surface area contributed by atoms with Gasteiger partial charge < -0.3 is 19.5 Å². The van der Waals surface area contributed by atoms with E-state index in [-0.39, 0.29) is 5.75 Å². The van der Waals surface area contributed by atoms with Gasteiger partial charge in [-0.25, -0.2) is 9.18 Å². The Morgan fingerprint density at radius 1 is 1.11 bits per heavy atom. The molecular formula is C20H19ClFNO5. The fraction of sp³-hybridized carbons (Fsp3) is 0.200. The molecule has 0 heterocycles. The number of hydrogen-bond donors (Lipinski definition) is 1. The fourth-order valence-electron chi connectivity index (χ4n) is 2.23. The molecule has 0 saturated carbocycles. The largest absolute Gasteiger partial charge is 0.495 e. The van der Waals surface area contributed by atoms with Gasteiger partial charge in [0.15, 0.2) is 17.7 Å². The van der Waals surface area contributed by atoms with Crippen molar-refractivity contribution >= 4 is 35.2 Å². The second kappa shape index (κ2) is 9.75. The molecular weight excluding hydrogens is 389 g/mol. The number of amides is 1. The van der Waals surface area contributed by atoms with Crippen molar-refractivity contribution in [3.05, 3.63) is 58.9 Å². The molecule has 2 rings (SSSR count). The van der Waals surface area contributed by atoms with Gasteiger partial charge in [-0.3, -0.25) is 4.79 Å². The van der Waals surface area contributed by atoms with Gasteiger partial charge in [-0.05, 0) is 48.9 Å². The van der Waals surface area contributed by atoms with Crippen LogP contribution in [-0.4, -0.2) is 32.2 Å². The molecule has 2 aromatic carbocycles. The highest BCUT2D eigenvalue weighted by Gasteiger charge is 2.18. The van der Waals surface area contributed by atoms with Crippen molar-refractivity contribution in [2.75, 3.05) is 19.5 Å². The zero-order valence-electron chi connectivity index (χ0n) is 15.5. The molecule has 8 heteroatoms. The summed E-state index contributed by atoms with van der Waals surface area (Å²) in [6, 6.07) is 8.97. The minimum absolute atomic E-state index is 0.0986. The van der Waals surface area contributed by atoms with Gasteiger partial charge >= 0.3 is 5.97 Å². The van der Waals surface area contributed by atoms with E-state index in [0.29, 0.717) is 22.0 Å². The van der Waals surface area contributed by atoms with E-state index in [2.05, 4.69) is 5.32 Å². The van der Waals surface area contributed by atoms with Gasteiger partial charge in [0.1, 0.15) is 5.75 Å². The number of benzene rings is 2. The lowest BCUT2D eigenvalue weighted by Gasteiger charge is -2.14. The molecule has 2 aromatic rings. The highest BCUT2D eigenvalue weighted by atomic mass is 35.5. The standard InChI is InChI=1S/C20H19ClFNO5/c1-12(20(25)23-16-11-14(21)6-8-18(16)27-3)28-19(24)9-5-13-4-7-17(26-2)15(22)10-13/h4-12H,1-3H3,(H,23,25)/b9-5+/t12-/m1/s1. The van der Waals surface area contributed by atoms with E-state index in [4.69, 9.17) is 25.8 Å².